The molecule has 2 unspecified atom stereocenters. The molecule has 4 nitrogen and oxygen atoms in total. The molecule has 1 aliphatic heterocycles. The average Bonchev–Trinajstić information content (AvgIpc) is 3.17. The third kappa shape index (κ3) is 2.63. The van der Waals surface area contributed by atoms with Crippen LogP contribution in [-0.4, -0.2) is 40.1 Å². The second-order valence-electron chi connectivity index (χ2n) is 5.05. The molecule has 106 valence electrons. The summed E-state index contributed by atoms with van der Waals surface area (Å²) in [5.74, 6) is 0.233. The van der Waals surface area contributed by atoms with E-state index in [0.717, 1.165) is 22.9 Å². The van der Waals surface area contributed by atoms with Gasteiger partial charge in [-0.2, -0.15) is 0 Å². The highest BCUT2D eigenvalue weighted by atomic mass is 32.1. The van der Waals surface area contributed by atoms with Crippen molar-refractivity contribution in [1.29, 1.82) is 0 Å². The van der Waals surface area contributed by atoms with Crippen molar-refractivity contribution in [1.82, 2.24) is 9.88 Å². The van der Waals surface area contributed by atoms with E-state index in [1.54, 1.807) is 24.5 Å². The van der Waals surface area contributed by atoms with E-state index in [1.807, 2.05) is 22.4 Å². The summed E-state index contributed by atoms with van der Waals surface area (Å²) in [6.45, 7) is 3.16. The van der Waals surface area contributed by atoms with Gasteiger partial charge in [-0.05, 0) is 24.8 Å². The van der Waals surface area contributed by atoms with E-state index >= 15 is 0 Å². The highest BCUT2D eigenvalue weighted by Crippen LogP contribution is 2.30. The van der Waals surface area contributed by atoms with E-state index in [1.165, 1.54) is 11.3 Å². The van der Waals surface area contributed by atoms with Crippen LogP contribution in [0.3, 0.4) is 0 Å². The van der Waals surface area contributed by atoms with Gasteiger partial charge in [0.25, 0.3) is 5.91 Å². The molecule has 20 heavy (non-hydrogen) atoms. The largest absolute Gasteiger partial charge is 0.393 e. The van der Waals surface area contributed by atoms with E-state index in [0.29, 0.717) is 11.4 Å². The summed E-state index contributed by atoms with van der Waals surface area (Å²) in [4.78, 5) is 20.4. The lowest BCUT2D eigenvalue weighted by molar-refractivity contribution is 0.0767. The van der Waals surface area contributed by atoms with Crippen LogP contribution in [0, 0.1) is 5.92 Å². The number of hydrogen-bond donors (Lipinski definition) is 1. The molecule has 1 aliphatic rings. The molecular formula is C14H16N2O2S2. The van der Waals surface area contributed by atoms with Crippen molar-refractivity contribution in [2.45, 2.75) is 19.4 Å². The third-order valence-corrected chi connectivity index (χ3v) is 5.67. The molecule has 2 aromatic heterocycles. The lowest BCUT2D eigenvalue weighted by atomic mass is 10.0. The van der Waals surface area contributed by atoms with Crippen LogP contribution in [0.1, 0.15) is 23.0 Å². The Morgan fingerprint density at radius 1 is 1.60 bits per heavy atom. The summed E-state index contributed by atoms with van der Waals surface area (Å²) in [5.41, 5.74) is 0. The zero-order valence-electron chi connectivity index (χ0n) is 11.2. The summed E-state index contributed by atoms with van der Waals surface area (Å²) < 4.78 is 0. The summed E-state index contributed by atoms with van der Waals surface area (Å²) in [5, 5.41) is 12.5. The number of nitrogens with zero attached hydrogens (tertiary/aromatic N) is 2. The number of thiophene rings is 1. The third-order valence-electron chi connectivity index (χ3n) is 3.64. The van der Waals surface area contributed by atoms with Crippen molar-refractivity contribution in [2.75, 3.05) is 13.1 Å². The minimum absolute atomic E-state index is 0.0356. The number of aromatic nitrogens is 1. The molecule has 3 rings (SSSR count). The second-order valence-corrected chi connectivity index (χ2v) is 7.03. The Kier molecular flexibility index (Phi) is 3.87. The SMILES string of the molecule is CC(O)C1CCN(C(=O)c2cnc(-c3cccs3)s2)C1. The smallest absolute Gasteiger partial charge is 0.265 e. The monoisotopic (exact) mass is 308 g/mol. The van der Waals surface area contributed by atoms with Gasteiger partial charge in [0, 0.05) is 19.0 Å². The van der Waals surface area contributed by atoms with Gasteiger partial charge in [-0.1, -0.05) is 6.07 Å². The van der Waals surface area contributed by atoms with Crippen molar-refractivity contribution in [3.8, 4) is 9.88 Å². The van der Waals surface area contributed by atoms with Crippen LogP contribution in [0.25, 0.3) is 9.88 Å². The predicted molar refractivity (Wildman–Crippen MR) is 81.1 cm³/mol. The Morgan fingerprint density at radius 2 is 2.45 bits per heavy atom. The molecule has 0 spiro atoms. The highest BCUT2D eigenvalue weighted by molar-refractivity contribution is 7.21. The number of amides is 1. The van der Waals surface area contributed by atoms with Crippen molar-refractivity contribution in [3.05, 3.63) is 28.6 Å². The summed E-state index contributed by atoms with van der Waals surface area (Å²) >= 11 is 3.07. The first-order valence-electron chi connectivity index (χ1n) is 6.62. The molecule has 2 aromatic rings. The predicted octanol–water partition coefficient (Wildman–Crippen LogP) is 2.71. The minimum Gasteiger partial charge on any atom is -0.393 e. The lowest BCUT2D eigenvalue weighted by Gasteiger charge is -2.16. The Morgan fingerprint density at radius 3 is 3.10 bits per heavy atom. The number of carbonyl (C=O) groups is 1. The molecule has 1 N–H and O–H groups in total. The first kappa shape index (κ1) is 13.7. The molecule has 6 heteroatoms. The molecule has 0 bridgehead atoms. The zero-order valence-corrected chi connectivity index (χ0v) is 12.8. The van der Waals surface area contributed by atoms with Crippen LogP contribution in [0.2, 0.25) is 0 Å². The molecule has 0 aliphatic carbocycles. The molecule has 0 radical (unpaired) electrons. The van der Waals surface area contributed by atoms with Crippen LogP contribution < -0.4 is 0 Å². The first-order chi connectivity index (χ1) is 9.65. The molecule has 0 saturated carbocycles. The van der Waals surface area contributed by atoms with Gasteiger partial charge in [0.05, 0.1) is 17.2 Å². The number of aliphatic hydroxyl groups is 1. The fraction of sp³-hybridized carbons (Fsp3) is 0.429. The molecule has 0 aromatic carbocycles. The van der Waals surface area contributed by atoms with E-state index in [9.17, 15) is 9.90 Å². The molecule has 3 heterocycles. The molecule has 1 amide bonds. The van der Waals surface area contributed by atoms with Crippen LogP contribution in [0.5, 0.6) is 0 Å². The van der Waals surface area contributed by atoms with Gasteiger partial charge in [-0.15, -0.1) is 22.7 Å². The maximum atomic E-state index is 12.4. The van der Waals surface area contributed by atoms with Gasteiger partial charge in [-0.3, -0.25) is 4.79 Å². The van der Waals surface area contributed by atoms with E-state index < -0.39 is 0 Å². The normalized spacial score (nSPS) is 20.3. The van der Waals surface area contributed by atoms with Gasteiger partial charge < -0.3 is 10.0 Å². The highest BCUT2D eigenvalue weighted by Gasteiger charge is 2.30. The fourth-order valence-electron chi connectivity index (χ4n) is 2.41. The van der Waals surface area contributed by atoms with Crippen molar-refractivity contribution >= 4 is 28.6 Å². The molecule has 2 atom stereocenters. The molecule has 1 saturated heterocycles. The van der Waals surface area contributed by atoms with Crippen molar-refractivity contribution in [3.63, 3.8) is 0 Å². The first-order valence-corrected chi connectivity index (χ1v) is 8.32. The second kappa shape index (κ2) is 5.63. The van der Waals surface area contributed by atoms with Gasteiger partial charge >= 0.3 is 0 Å². The van der Waals surface area contributed by atoms with Crippen molar-refractivity contribution in [2.24, 2.45) is 5.92 Å². The average molecular weight is 308 g/mol. The number of thiazole rings is 1. The van der Waals surface area contributed by atoms with Crippen LogP contribution in [0.4, 0.5) is 0 Å². The number of hydrogen-bond acceptors (Lipinski definition) is 5. The number of likely N-dealkylation sites (tertiary alicyclic amines) is 1. The maximum absolute atomic E-state index is 12.4. The fourth-order valence-corrected chi connectivity index (χ4v) is 4.10. The standard InChI is InChI=1S/C14H16N2O2S2/c1-9(17)10-4-5-16(8-10)14(18)12-7-15-13(20-12)11-3-2-6-19-11/h2-3,6-7,9-10,17H,4-5,8H2,1H3. The van der Waals surface area contributed by atoms with Gasteiger partial charge in [-0.25, -0.2) is 4.98 Å². The Balaban J connectivity index is 1.72. The minimum atomic E-state index is -0.351. The number of rotatable bonds is 3. The van der Waals surface area contributed by atoms with Crippen molar-refractivity contribution < 1.29 is 9.90 Å². The quantitative estimate of drug-likeness (QED) is 0.948. The van der Waals surface area contributed by atoms with E-state index in [2.05, 4.69) is 4.98 Å². The molecular weight excluding hydrogens is 292 g/mol. The zero-order chi connectivity index (χ0) is 14.1. The Hall–Kier alpha value is -1.24. The summed E-state index contributed by atoms with van der Waals surface area (Å²) in [6.07, 6.45) is 2.19. The van der Waals surface area contributed by atoms with Gasteiger partial charge in [0.1, 0.15) is 9.88 Å². The van der Waals surface area contributed by atoms with E-state index in [-0.39, 0.29) is 17.9 Å². The van der Waals surface area contributed by atoms with Crippen LogP contribution >= 0.6 is 22.7 Å². The van der Waals surface area contributed by atoms with Crippen LogP contribution in [0.15, 0.2) is 23.7 Å². The van der Waals surface area contributed by atoms with Gasteiger partial charge in [0.15, 0.2) is 0 Å². The number of carbonyl (C=O) groups excluding carboxylic acids is 1. The number of aliphatic hydroxyl groups excluding tert-OH is 1. The topological polar surface area (TPSA) is 53.4 Å². The lowest BCUT2D eigenvalue weighted by Crippen LogP contribution is -2.29. The van der Waals surface area contributed by atoms with Crippen LogP contribution in [-0.2, 0) is 0 Å². The summed E-state index contributed by atoms with van der Waals surface area (Å²) in [6, 6.07) is 3.99. The summed E-state index contributed by atoms with van der Waals surface area (Å²) in [7, 11) is 0. The van der Waals surface area contributed by atoms with E-state index in [4.69, 9.17) is 0 Å². The Bertz CT molecular complexity index is 592. The maximum Gasteiger partial charge on any atom is 0.265 e. The van der Waals surface area contributed by atoms with Gasteiger partial charge in [0.2, 0.25) is 0 Å². The Labute approximate surface area is 125 Å². The molecule has 1 fully saturated rings.